The van der Waals surface area contributed by atoms with E-state index in [0.717, 1.165) is 17.7 Å². The van der Waals surface area contributed by atoms with Crippen molar-refractivity contribution in [2.45, 2.75) is 19.1 Å². The summed E-state index contributed by atoms with van der Waals surface area (Å²) in [5, 5.41) is 8.99. The van der Waals surface area contributed by atoms with Gasteiger partial charge in [0.25, 0.3) is 5.91 Å². The molecule has 1 N–H and O–H groups in total. The van der Waals surface area contributed by atoms with Gasteiger partial charge in [-0.3, -0.25) is 9.78 Å². The molecule has 128 valence electrons. The molecule has 1 aromatic carbocycles. The van der Waals surface area contributed by atoms with E-state index in [9.17, 15) is 18.0 Å². The average Bonchev–Trinajstić information content (AvgIpc) is 2.58. The van der Waals surface area contributed by atoms with Crippen molar-refractivity contribution >= 4 is 5.91 Å². The van der Waals surface area contributed by atoms with Gasteiger partial charge in [0.05, 0.1) is 5.56 Å². The highest BCUT2D eigenvalue weighted by atomic mass is 19.4. The number of carbonyl (C=O) groups is 1. The zero-order valence-electron chi connectivity index (χ0n) is 12.8. The van der Waals surface area contributed by atoms with Crippen molar-refractivity contribution < 1.29 is 23.1 Å². The van der Waals surface area contributed by atoms with Crippen LogP contribution in [-0.2, 0) is 12.7 Å². The van der Waals surface area contributed by atoms with Crippen LogP contribution in [0.2, 0.25) is 0 Å². The minimum Gasteiger partial charge on any atom is -0.396 e. The zero-order valence-corrected chi connectivity index (χ0v) is 12.8. The molecule has 0 saturated heterocycles. The van der Waals surface area contributed by atoms with Gasteiger partial charge in [-0.2, -0.15) is 13.2 Å². The van der Waals surface area contributed by atoms with Gasteiger partial charge >= 0.3 is 6.18 Å². The first-order valence-corrected chi connectivity index (χ1v) is 7.38. The molecule has 0 unspecified atom stereocenters. The summed E-state index contributed by atoms with van der Waals surface area (Å²) in [6.07, 6.45) is -0.850. The highest BCUT2D eigenvalue weighted by Crippen LogP contribution is 2.29. The van der Waals surface area contributed by atoms with Gasteiger partial charge in [-0.05, 0) is 48.4 Å². The summed E-state index contributed by atoms with van der Waals surface area (Å²) >= 11 is 0. The molecule has 24 heavy (non-hydrogen) atoms. The maximum Gasteiger partial charge on any atom is 0.416 e. The Morgan fingerprint density at radius 2 is 1.71 bits per heavy atom. The van der Waals surface area contributed by atoms with Crippen LogP contribution < -0.4 is 0 Å². The molecule has 0 bridgehead atoms. The Morgan fingerprint density at radius 1 is 1.08 bits per heavy atom. The number of hydrogen-bond donors (Lipinski definition) is 1. The molecule has 0 fully saturated rings. The Balaban J connectivity index is 2.17. The predicted molar refractivity (Wildman–Crippen MR) is 82.1 cm³/mol. The van der Waals surface area contributed by atoms with Gasteiger partial charge in [0.15, 0.2) is 0 Å². The summed E-state index contributed by atoms with van der Waals surface area (Å²) in [6, 6.07) is 7.64. The monoisotopic (exact) mass is 338 g/mol. The summed E-state index contributed by atoms with van der Waals surface area (Å²) in [4.78, 5) is 18.0. The number of nitrogens with zero attached hydrogens (tertiary/aromatic N) is 2. The van der Waals surface area contributed by atoms with Gasteiger partial charge in [-0.1, -0.05) is 0 Å². The van der Waals surface area contributed by atoms with Crippen LogP contribution in [0.25, 0.3) is 0 Å². The standard InChI is InChI=1S/C17H17F3N2O2/c18-17(19,20)15-4-2-14(3-5-15)16(24)22(10-1-11-23)12-13-6-8-21-9-7-13/h2-9,23H,1,10-12H2. The number of rotatable bonds is 6. The lowest BCUT2D eigenvalue weighted by atomic mass is 10.1. The van der Waals surface area contributed by atoms with Crippen LogP contribution in [0.4, 0.5) is 13.2 Å². The maximum absolute atomic E-state index is 12.6. The Morgan fingerprint density at radius 3 is 2.25 bits per heavy atom. The minimum atomic E-state index is -4.44. The van der Waals surface area contributed by atoms with Crippen molar-refractivity contribution in [3.8, 4) is 0 Å². The van der Waals surface area contributed by atoms with E-state index < -0.39 is 11.7 Å². The van der Waals surface area contributed by atoms with Gasteiger partial charge in [-0.25, -0.2) is 0 Å². The summed E-state index contributed by atoms with van der Waals surface area (Å²) in [5.74, 6) is -0.381. The summed E-state index contributed by atoms with van der Waals surface area (Å²) in [7, 11) is 0. The Hall–Kier alpha value is -2.41. The molecule has 1 aromatic heterocycles. The van der Waals surface area contributed by atoms with Crippen molar-refractivity contribution in [3.05, 3.63) is 65.5 Å². The van der Waals surface area contributed by atoms with Gasteiger partial charge in [-0.15, -0.1) is 0 Å². The highest BCUT2D eigenvalue weighted by molar-refractivity contribution is 5.94. The van der Waals surface area contributed by atoms with Gasteiger partial charge in [0, 0.05) is 37.7 Å². The lowest BCUT2D eigenvalue weighted by molar-refractivity contribution is -0.137. The van der Waals surface area contributed by atoms with E-state index in [0.29, 0.717) is 19.5 Å². The quantitative estimate of drug-likeness (QED) is 0.880. The first-order valence-electron chi connectivity index (χ1n) is 7.38. The SMILES string of the molecule is O=C(c1ccc(C(F)(F)F)cc1)N(CCCO)Cc1ccncc1. The predicted octanol–water partition coefficient (Wildman–Crippen LogP) is 3.13. The van der Waals surface area contributed by atoms with Crippen molar-refractivity contribution in [2.75, 3.05) is 13.2 Å². The second-order valence-corrected chi connectivity index (χ2v) is 5.23. The van der Waals surface area contributed by atoms with Crippen molar-refractivity contribution in [3.63, 3.8) is 0 Å². The molecule has 7 heteroatoms. The number of aromatic nitrogens is 1. The fraction of sp³-hybridized carbons (Fsp3) is 0.294. The lowest BCUT2D eigenvalue weighted by Crippen LogP contribution is -2.32. The highest BCUT2D eigenvalue weighted by Gasteiger charge is 2.30. The molecule has 0 saturated carbocycles. The normalized spacial score (nSPS) is 11.3. The first-order chi connectivity index (χ1) is 11.4. The Bertz CT molecular complexity index is 658. The molecule has 0 radical (unpaired) electrons. The van der Waals surface area contributed by atoms with E-state index in [1.165, 1.54) is 17.0 Å². The number of carbonyl (C=O) groups excluding carboxylic acids is 1. The topological polar surface area (TPSA) is 53.4 Å². The average molecular weight is 338 g/mol. The largest absolute Gasteiger partial charge is 0.416 e. The fourth-order valence-corrected chi connectivity index (χ4v) is 2.21. The maximum atomic E-state index is 12.6. The molecule has 0 atom stereocenters. The number of aliphatic hydroxyl groups is 1. The van der Waals surface area contributed by atoms with Crippen molar-refractivity contribution in [1.82, 2.24) is 9.88 Å². The molecule has 0 spiro atoms. The van der Waals surface area contributed by atoms with Crippen LogP contribution in [0.5, 0.6) is 0 Å². The van der Waals surface area contributed by atoms with Crippen LogP contribution in [-0.4, -0.2) is 34.0 Å². The lowest BCUT2D eigenvalue weighted by Gasteiger charge is -2.23. The number of pyridine rings is 1. The second kappa shape index (κ2) is 7.92. The second-order valence-electron chi connectivity index (χ2n) is 5.23. The smallest absolute Gasteiger partial charge is 0.396 e. The van der Waals surface area contributed by atoms with Crippen LogP contribution in [0.3, 0.4) is 0 Å². The Labute approximate surface area is 137 Å². The zero-order chi connectivity index (χ0) is 17.6. The van der Waals surface area contributed by atoms with E-state index in [1.54, 1.807) is 24.5 Å². The molecule has 0 aliphatic heterocycles. The third-order valence-electron chi connectivity index (χ3n) is 3.46. The summed E-state index contributed by atoms with van der Waals surface area (Å²) in [6.45, 7) is 0.522. The van der Waals surface area contributed by atoms with E-state index >= 15 is 0 Å². The van der Waals surface area contributed by atoms with E-state index in [4.69, 9.17) is 5.11 Å². The molecule has 1 amide bonds. The third kappa shape index (κ3) is 4.79. The number of alkyl halides is 3. The molecular weight excluding hydrogens is 321 g/mol. The van der Waals surface area contributed by atoms with Gasteiger partial charge in [0.2, 0.25) is 0 Å². The number of aliphatic hydroxyl groups excluding tert-OH is 1. The van der Waals surface area contributed by atoms with Crippen LogP contribution in [0.1, 0.15) is 27.9 Å². The Kier molecular flexibility index (Phi) is 5.92. The molecule has 0 aliphatic carbocycles. The van der Waals surface area contributed by atoms with E-state index in [1.807, 2.05) is 0 Å². The first kappa shape index (κ1) is 17.9. The molecule has 2 aromatic rings. The number of halogens is 3. The van der Waals surface area contributed by atoms with E-state index in [2.05, 4.69) is 4.98 Å². The fourth-order valence-electron chi connectivity index (χ4n) is 2.21. The number of benzene rings is 1. The van der Waals surface area contributed by atoms with Gasteiger partial charge in [0.1, 0.15) is 0 Å². The van der Waals surface area contributed by atoms with Crippen molar-refractivity contribution in [1.29, 1.82) is 0 Å². The van der Waals surface area contributed by atoms with Crippen molar-refractivity contribution in [2.24, 2.45) is 0 Å². The molecule has 0 aliphatic rings. The number of hydrogen-bond acceptors (Lipinski definition) is 3. The minimum absolute atomic E-state index is 0.0763. The molecule has 4 nitrogen and oxygen atoms in total. The molecule has 2 rings (SSSR count). The summed E-state index contributed by atoms with van der Waals surface area (Å²) < 4.78 is 37.8. The summed E-state index contributed by atoms with van der Waals surface area (Å²) in [5.41, 5.74) is 0.230. The van der Waals surface area contributed by atoms with Crippen LogP contribution in [0, 0.1) is 0 Å². The molecular formula is C17H17F3N2O2. The number of amides is 1. The molecule has 1 heterocycles. The van der Waals surface area contributed by atoms with E-state index in [-0.39, 0.29) is 18.1 Å². The van der Waals surface area contributed by atoms with Gasteiger partial charge < -0.3 is 10.0 Å². The van der Waals surface area contributed by atoms with Crippen LogP contribution in [0.15, 0.2) is 48.8 Å². The van der Waals surface area contributed by atoms with Crippen LogP contribution >= 0.6 is 0 Å². The third-order valence-corrected chi connectivity index (χ3v) is 3.46.